The third-order valence-corrected chi connectivity index (χ3v) is 7.33. The molecule has 0 aliphatic rings. The van der Waals surface area contributed by atoms with Crippen LogP contribution in [0, 0.1) is 0 Å². The first-order valence-corrected chi connectivity index (χ1v) is 14.2. The summed E-state index contributed by atoms with van der Waals surface area (Å²) in [6.07, 6.45) is 3.17. The second-order valence-electron chi connectivity index (χ2n) is 9.17. The highest BCUT2D eigenvalue weighted by Gasteiger charge is 2.14. The summed E-state index contributed by atoms with van der Waals surface area (Å²) >= 11 is 0. The smallest absolute Gasteiger partial charge is 0.247 e. The average Bonchev–Trinajstić information content (AvgIpc) is 3.35. The van der Waals surface area contributed by atoms with Crippen LogP contribution in [0.25, 0.3) is 16.8 Å². The van der Waals surface area contributed by atoms with Crippen LogP contribution in [0.4, 0.5) is 21.7 Å². The first kappa shape index (κ1) is 26.8. The van der Waals surface area contributed by atoms with E-state index >= 15 is 0 Å². The summed E-state index contributed by atoms with van der Waals surface area (Å²) in [5.41, 5.74) is 5.01. The zero-order chi connectivity index (χ0) is 28.3. The van der Waals surface area contributed by atoms with E-state index in [1.807, 2.05) is 42.6 Å². The fraction of sp³-hybridized carbons (Fsp3) is 0.138. The summed E-state index contributed by atoms with van der Waals surface area (Å²) in [7, 11) is -1.92. The Kier molecular flexibility index (Phi) is 7.47. The van der Waals surface area contributed by atoms with Crippen LogP contribution < -0.4 is 15.4 Å². The van der Waals surface area contributed by atoms with Gasteiger partial charge in [-0.3, -0.25) is 4.79 Å². The number of aromatic nitrogens is 3. The lowest BCUT2D eigenvalue weighted by molar-refractivity contribution is -0.115. The lowest BCUT2D eigenvalue weighted by Gasteiger charge is -2.10. The molecule has 9 nitrogen and oxygen atoms in total. The minimum Gasteiger partial charge on any atom is -0.495 e. The van der Waals surface area contributed by atoms with Gasteiger partial charge in [-0.15, -0.1) is 5.10 Å². The maximum absolute atomic E-state index is 12.7. The number of nitrogens with zero attached hydrogens (tertiary/aromatic N) is 3. The van der Waals surface area contributed by atoms with Crippen molar-refractivity contribution in [1.82, 2.24) is 14.6 Å². The predicted octanol–water partition coefficient (Wildman–Crippen LogP) is 5.20. The van der Waals surface area contributed by atoms with Crippen molar-refractivity contribution < 1.29 is 22.3 Å². The number of ether oxygens (including phenoxy) is 1. The Labute approximate surface area is 230 Å². The van der Waals surface area contributed by atoms with E-state index in [1.165, 1.54) is 19.2 Å². The predicted molar refractivity (Wildman–Crippen MR) is 151 cm³/mol. The molecule has 0 aliphatic carbocycles. The van der Waals surface area contributed by atoms with Gasteiger partial charge in [-0.25, -0.2) is 17.3 Å². The molecule has 0 atom stereocenters. The number of halogens is 1. The number of alkyl halides is 1. The molecule has 3 aromatic carbocycles. The molecule has 11 heteroatoms. The Morgan fingerprint density at radius 2 is 1.65 bits per heavy atom. The number of amides is 1. The van der Waals surface area contributed by atoms with Crippen molar-refractivity contribution in [1.29, 1.82) is 0 Å². The van der Waals surface area contributed by atoms with Gasteiger partial charge in [-0.1, -0.05) is 36.4 Å². The number of benzene rings is 3. The zero-order valence-electron chi connectivity index (χ0n) is 21.8. The lowest BCUT2D eigenvalue weighted by Crippen LogP contribution is -2.14. The molecule has 0 radical (unpaired) electrons. The standard InChI is InChI=1S/C29H26FN5O4S/c1-39-26-16-24(40(2,37)38)12-13-25(26)32-29-33-27-14-9-22(18-35(27)34-29)21-7-10-23(11-8-21)31-28(36)15-19-3-5-20(17-30)6-4-19/h3-14,16,18H,15,17H2,1-2H3,(H,31,36)(H,32,34). The average molecular weight is 560 g/mol. The van der Waals surface area contributed by atoms with E-state index in [2.05, 4.69) is 20.7 Å². The summed E-state index contributed by atoms with van der Waals surface area (Å²) in [5, 5.41) is 10.5. The molecule has 5 rings (SSSR count). The monoisotopic (exact) mass is 559 g/mol. The van der Waals surface area contributed by atoms with E-state index in [1.54, 1.807) is 34.8 Å². The minimum atomic E-state index is -3.38. The van der Waals surface area contributed by atoms with Gasteiger partial charge in [-0.05, 0) is 53.1 Å². The van der Waals surface area contributed by atoms with E-state index < -0.39 is 16.5 Å². The number of carbonyl (C=O) groups is 1. The molecule has 0 unspecified atom stereocenters. The van der Waals surface area contributed by atoms with Gasteiger partial charge < -0.3 is 15.4 Å². The molecule has 2 N–H and O–H groups in total. The second-order valence-corrected chi connectivity index (χ2v) is 11.2. The number of nitrogens with one attached hydrogen (secondary N) is 2. The summed E-state index contributed by atoms with van der Waals surface area (Å²) < 4.78 is 43.4. The van der Waals surface area contributed by atoms with Gasteiger partial charge in [0.05, 0.1) is 24.1 Å². The molecule has 40 heavy (non-hydrogen) atoms. The normalized spacial score (nSPS) is 11.4. The molecule has 2 aromatic heterocycles. The molecule has 0 aliphatic heterocycles. The molecule has 0 saturated carbocycles. The molecule has 2 heterocycles. The summed E-state index contributed by atoms with van der Waals surface area (Å²) in [6.45, 7) is -0.528. The number of fused-ring (bicyclic) bond motifs is 1. The third kappa shape index (κ3) is 6.10. The van der Waals surface area contributed by atoms with Gasteiger partial charge in [0.2, 0.25) is 11.9 Å². The van der Waals surface area contributed by atoms with Crippen molar-refractivity contribution >= 4 is 38.7 Å². The van der Waals surface area contributed by atoms with Crippen LogP contribution in [-0.4, -0.2) is 42.3 Å². The summed E-state index contributed by atoms with van der Waals surface area (Å²) in [5.74, 6) is 0.511. The number of hydrogen-bond acceptors (Lipinski definition) is 7. The van der Waals surface area contributed by atoms with E-state index in [-0.39, 0.29) is 17.2 Å². The highest BCUT2D eigenvalue weighted by molar-refractivity contribution is 7.90. The van der Waals surface area contributed by atoms with E-state index in [4.69, 9.17) is 4.74 Å². The van der Waals surface area contributed by atoms with Gasteiger partial charge >= 0.3 is 0 Å². The molecule has 204 valence electrons. The first-order chi connectivity index (χ1) is 19.2. The maximum Gasteiger partial charge on any atom is 0.247 e. The highest BCUT2D eigenvalue weighted by atomic mass is 32.2. The van der Waals surface area contributed by atoms with Crippen LogP contribution in [0.1, 0.15) is 11.1 Å². The maximum atomic E-state index is 12.7. The van der Waals surface area contributed by atoms with Crippen molar-refractivity contribution in [2.24, 2.45) is 0 Å². The van der Waals surface area contributed by atoms with Gasteiger partial charge in [-0.2, -0.15) is 4.98 Å². The Balaban J connectivity index is 1.28. The topological polar surface area (TPSA) is 115 Å². The van der Waals surface area contributed by atoms with Crippen molar-refractivity contribution in [2.75, 3.05) is 24.0 Å². The van der Waals surface area contributed by atoms with E-state index in [0.29, 0.717) is 34.3 Å². The number of pyridine rings is 1. The fourth-order valence-corrected chi connectivity index (χ4v) is 4.75. The third-order valence-electron chi connectivity index (χ3n) is 6.22. The molecule has 0 spiro atoms. The van der Waals surface area contributed by atoms with Gasteiger partial charge in [0, 0.05) is 29.8 Å². The van der Waals surface area contributed by atoms with Crippen LogP contribution in [0.2, 0.25) is 0 Å². The van der Waals surface area contributed by atoms with E-state index in [0.717, 1.165) is 22.9 Å². The Morgan fingerprint density at radius 3 is 2.33 bits per heavy atom. The molecule has 5 aromatic rings. The summed E-state index contributed by atoms with van der Waals surface area (Å²) in [4.78, 5) is 17.1. The molecule has 1 amide bonds. The number of carbonyl (C=O) groups excluding carboxylic acids is 1. The molecule has 0 saturated heterocycles. The SMILES string of the molecule is COc1cc(S(C)(=O)=O)ccc1Nc1nc2ccc(-c3ccc(NC(=O)Cc4ccc(CF)cc4)cc3)cn2n1. The van der Waals surface area contributed by atoms with Crippen LogP contribution in [0.3, 0.4) is 0 Å². The number of hydrogen-bond donors (Lipinski definition) is 2. The number of anilines is 3. The Morgan fingerprint density at radius 1 is 0.950 bits per heavy atom. The van der Waals surface area contributed by atoms with Gasteiger partial charge in [0.15, 0.2) is 15.5 Å². The largest absolute Gasteiger partial charge is 0.495 e. The van der Waals surface area contributed by atoms with E-state index in [9.17, 15) is 17.6 Å². The number of methoxy groups -OCH3 is 1. The molecular weight excluding hydrogens is 533 g/mol. The Hall–Kier alpha value is -4.77. The molecule has 0 bridgehead atoms. The van der Waals surface area contributed by atoms with Crippen LogP contribution in [-0.2, 0) is 27.7 Å². The number of sulfone groups is 1. The quantitative estimate of drug-likeness (QED) is 0.255. The van der Waals surface area contributed by atoms with Crippen molar-refractivity contribution in [3.63, 3.8) is 0 Å². The Bertz CT molecular complexity index is 1790. The lowest BCUT2D eigenvalue weighted by atomic mass is 10.1. The van der Waals surface area contributed by atoms with Gasteiger partial charge in [0.1, 0.15) is 12.4 Å². The molecule has 0 fully saturated rings. The number of rotatable bonds is 9. The van der Waals surface area contributed by atoms with Crippen molar-refractivity contribution in [3.05, 3.63) is 96.2 Å². The summed E-state index contributed by atoms with van der Waals surface area (Å²) in [6, 6.07) is 22.6. The fourth-order valence-electron chi connectivity index (χ4n) is 4.12. The first-order valence-electron chi connectivity index (χ1n) is 12.3. The van der Waals surface area contributed by atoms with Crippen molar-refractivity contribution in [3.8, 4) is 16.9 Å². The molecular formula is C29H26FN5O4S. The second kappa shape index (κ2) is 11.1. The van der Waals surface area contributed by atoms with Gasteiger partial charge in [0.25, 0.3) is 0 Å². The highest BCUT2D eigenvalue weighted by Crippen LogP contribution is 2.30. The van der Waals surface area contributed by atoms with Crippen LogP contribution >= 0.6 is 0 Å². The van der Waals surface area contributed by atoms with Crippen LogP contribution in [0.5, 0.6) is 5.75 Å². The van der Waals surface area contributed by atoms with Crippen LogP contribution in [0.15, 0.2) is 90.0 Å². The minimum absolute atomic E-state index is 0.150. The van der Waals surface area contributed by atoms with Crippen molar-refractivity contribution in [2.45, 2.75) is 18.0 Å². The zero-order valence-corrected chi connectivity index (χ0v) is 22.6.